The van der Waals surface area contributed by atoms with Gasteiger partial charge >= 0.3 is 0 Å². The van der Waals surface area contributed by atoms with Crippen LogP contribution in [0.15, 0.2) is 0 Å². The van der Waals surface area contributed by atoms with E-state index < -0.39 is 0 Å². The van der Waals surface area contributed by atoms with Gasteiger partial charge in [0.05, 0.1) is 7.05 Å². The first kappa shape index (κ1) is 15.4. The molecule has 0 aliphatic carbocycles. The third-order valence-corrected chi connectivity index (χ3v) is 3.81. The van der Waals surface area contributed by atoms with Crippen LogP contribution in [-0.2, 0) is 13.5 Å². The van der Waals surface area contributed by atoms with Crippen LogP contribution in [0.1, 0.15) is 39.9 Å². The molecule has 0 aromatic carbocycles. The van der Waals surface area contributed by atoms with Crippen LogP contribution in [0.5, 0.6) is 0 Å². The predicted octanol–water partition coefficient (Wildman–Crippen LogP) is 1.65. The molecule has 1 rings (SSSR count). The fourth-order valence-corrected chi connectivity index (χ4v) is 2.45. The first-order valence-corrected chi connectivity index (χ1v) is 7.49. The van der Waals surface area contributed by atoms with Crippen LogP contribution in [0.2, 0.25) is 0 Å². The highest BCUT2D eigenvalue weighted by Gasteiger charge is 2.17. The fraction of sp³-hybridized carbons (Fsp3) is 0.917. The number of tetrazole rings is 1. The van der Waals surface area contributed by atoms with E-state index in [2.05, 4.69) is 48.4 Å². The second-order valence-corrected chi connectivity index (χ2v) is 7.32. The Kier molecular flexibility index (Phi) is 6.08. The lowest BCUT2D eigenvalue weighted by atomic mass is 10.2. The molecule has 0 fully saturated rings. The molecule has 0 bridgehead atoms. The molecule has 0 aliphatic heterocycles. The molecule has 1 heterocycles. The Hall–Kier alpha value is -0.620. The largest absolute Gasteiger partial charge is 0.313 e. The summed E-state index contributed by atoms with van der Waals surface area (Å²) in [6, 6.07) is 0.415. The number of aromatic nitrogens is 4. The van der Waals surface area contributed by atoms with E-state index in [9.17, 15) is 0 Å². The van der Waals surface area contributed by atoms with Gasteiger partial charge in [-0.1, -0.05) is 27.7 Å². The molecular formula is C12H25N5S. The summed E-state index contributed by atoms with van der Waals surface area (Å²) in [4.78, 5) is 1.52. The van der Waals surface area contributed by atoms with Gasteiger partial charge in [0.2, 0.25) is 0 Å². The topological polar surface area (TPSA) is 55.6 Å². The summed E-state index contributed by atoms with van der Waals surface area (Å²) in [5, 5.41) is 15.8. The highest BCUT2D eigenvalue weighted by molar-refractivity contribution is 8.00. The van der Waals surface area contributed by atoms with Crippen molar-refractivity contribution in [1.82, 2.24) is 25.5 Å². The number of hydrogen-bond donors (Lipinski definition) is 1. The Morgan fingerprint density at radius 1 is 1.39 bits per heavy atom. The molecular weight excluding hydrogens is 246 g/mol. The van der Waals surface area contributed by atoms with Crippen molar-refractivity contribution in [3.05, 3.63) is 5.82 Å². The summed E-state index contributed by atoms with van der Waals surface area (Å²) >= 11 is 1.97. The summed E-state index contributed by atoms with van der Waals surface area (Å²) < 4.78 is 0.294. The van der Waals surface area contributed by atoms with Gasteiger partial charge in [-0.05, 0) is 18.2 Å². The van der Waals surface area contributed by atoms with Crippen molar-refractivity contribution >= 4 is 11.8 Å². The highest BCUT2D eigenvalue weighted by Crippen LogP contribution is 2.24. The van der Waals surface area contributed by atoms with E-state index >= 15 is 0 Å². The number of aryl methyl sites for hydroxylation is 1. The van der Waals surface area contributed by atoms with E-state index in [1.54, 1.807) is 7.05 Å². The van der Waals surface area contributed by atoms with E-state index in [1.165, 1.54) is 4.80 Å². The summed E-state index contributed by atoms with van der Waals surface area (Å²) in [6.07, 6.45) is 1.99. The normalized spacial score (nSPS) is 13.8. The number of nitrogens with zero attached hydrogens (tertiary/aromatic N) is 4. The monoisotopic (exact) mass is 271 g/mol. The van der Waals surface area contributed by atoms with Gasteiger partial charge in [-0.2, -0.15) is 16.6 Å². The molecule has 0 saturated carbocycles. The van der Waals surface area contributed by atoms with Crippen molar-refractivity contribution in [2.45, 2.75) is 51.3 Å². The quantitative estimate of drug-likeness (QED) is 0.817. The zero-order valence-corrected chi connectivity index (χ0v) is 12.9. The Balaban J connectivity index is 2.49. The molecule has 6 heteroatoms. The Labute approximate surface area is 114 Å². The first-order chi connectivity index (χ1) is 8.40. The predicted molar refractivity (Wildman–Crippen MR) is 76.8 cm³/mol. The van der Waals surface area contributed by atoms with Crippen molar-refractivity contribution in [3.63, 3.8) is 0 Å². The summed E-state index contributed by atoms with van der Waals surface area (Å²) in [7, 11) is 1.80. The Morgan fingerprint density at radius 3 is 2.61 bits per heavy atom. The maximum absolute atomic E-state index is 4.25. The van der Waals surface area contributed by atoms with Crippen LogP contribution in [0.25, 0.3) is 0 Å². The molecule has 0 radical (unpaired) electrons. The smallest absolute Gasteiger partial charge is 0.176 e. The second kappa shape index (κ2) is 7.09. The minimum absolute atomic E-state index is 0.294. The maximum Gasteiger partial charge on any atom is 0.176 e. The van der Waals surface area contributed by atoms with Crippen LogP contribution in [-0.4, -0.2) is 43.3 Å². The summed E-state index contributed by atoms with van der Waals surface area (Å²) in [5.74, 6) is 1.89. The lowest BCUT2D eigenvalue weighted by molar-refractivity contribution is 0.535. The Bertz CT molecular complexity index is 344. The van der Waals surface area contributed by atoms with Crippen LogP contribution in [0.3, 0.4) is 0 Å². The van der Waals surface area contributed by atoms with Crippen LogP contribution in [0, 0.1) is 0 Å². The zero-order valence-electron chi connectivity index (χ0n) is 12.1. The van der Waals surface area contributed by atoms with Gasteiger partial charge in [-0.25, -0.2) is 0 Å². The zero-order chi connectivity index (χ0) is 13.6. The van der Waals surface area contributed by atoms with Crippen LogP contribution >= 0.6 is 11.8 Å². The molecule has 0 aliphatic rings. The van der Waals surface area contributed by atoms with Gasteiger partial charge < -0.3 is 5.32 Å². The average molecular weight is 271 g/mol. The van der Waals surface area contributed by atoms with Crippen molar-refractivity contribution in [2.75, 3.05) is 12.3 Å². The minimum Gasteiger partial charge on any atom is -0.313 e. The van der Waals surface area contributed by atoms with Crippen LogP contribution < -0.4 is 5.32 Å². The number of nitrogens with one attached hydrogen (secondary N) is 1. The molecule has 0 spiro atoms. The van der Waals surface area contributed by atoms with Crippen molar-refractivity contribution < 1.29 is 0 Å². The third-order valence-electron chi connectivity index (χ3n) is 2.38. The van der Waals surface area contributed by atoms with Gasteiger partial charge in [0, 0.05) is 23.0 Å². The minimum atomic E-state index is 0.294. The molecule has 18 heavy (non-hydrogen) atoms. The van der Waals surface area contributed by atoms with Gasteiger partial charge in [0.1, 0.15) is 0 Å². The number of rotatable bonds is 7. The van der Waals surface area contributed by atoms with E-state index in [4.69, 9.17) is 0 Å². The molecule has 0 saturated heterocycles. The summed E-state index contributed by atoms with van der Waals surface area (Å²) in [6.45, 7) is 9.95. The maximum atomic E-state index is 4.25. The lowest BCUT2D eigenvalue weighted by Crippen LogP contribution is -2.35. The molecule has 1 N–H and O–H groups in total. The van der Waals surface area contributed by atoms with Gasteiger partial charge in [0.25, 0.3) is 0 Å². The average Bonchev–Trinajstić information content (AvgIpc) is 2.67. The molecule has 1 atom stereocenters. The molecule has 104 valence electrons. The SMILES string of the molecule is CCCNC(CSC(C)(C)C)Cc1nnn(C)n1. The standard InChI is InChI=1S/C12H25N5S/c1-6-7-13-10(9-18-12(2,3)4)8-11-14-16-17(5)15-11/h10,13H,6-9H2,1-5H3. The van der Waals surface area contributed by atoms with Gasteiger partial charge in [-0.3, -0.25) is 0 Å². The summed E-state index contributed by atoms with van der Waals surface area (Å²) in [5.41, 5.74) is 0. The molecule has 1 unspecified atom stereocenters. The lowest BCUT2D eigenvalue weighted by Gasteiger charge is -2.23. The Morgan fingerprint density at radius 2 is 2.11 bits per heavy atom. The van der Waals surface area contributed by atoms with E-state index in [0.29, 0.717) is 10.8 Å². The van der Waals surface area contributed by atoms with E-state index in [1.807, 2.05) is 11.8 Å². The highest BCUT2D eigenvalue weighted by atomic mass is 32.2. The first-order valence-electron chi connectivity index (χ1n) is 6.51. The van der Waals surface area contributed by atoms with Crippen LogP contribution in [0.4, 0.5) is 0 Å². The van der Waals surface area contributed by atoms with E-state index in [-0.39, 0.29) is 0 Å². The van der Waals surface area contributed by atoms with Crippen molar-refractivity contribution in [3.8, 4) is 0 Å². The molecule has 5 nitrogen and oxygen atoms in total. The third kappa shape index (κ3) is 6.35. The van der Waals surface area contributed by atoms with Gasteiger partial charge in [-0.15, -0.1) is 10.2 Å². The molecule has 1 aromatic rings. The second-order valence-electron chi connectivity index (χ2n) is 5.47. The van der Waals surface area contributed by atoms with Crippen molar-refractivity contribution in [2.24, 2.45) is 7.05 Å². The van der Waals surface area contributed by atoms with Crippen molar-refractivity contribution in [1.29, 1.82) is 0 Å². The number of hydrogen-bond acceptors (Lipinski definition) is 5. The van der Waals surface area contributed by atoms with E-state index in [0.717, 1.165) is 31.0 Å². The number of thioether (sulfide) groups is 1. The fourth-order valence-electron chi connectivity index (χ4n) is 1.51. The molecule has 0 amide bonds. The van der Waals surface area contributed by atoms with Gasteiger partial charge in [0.15, 0.2) is 5.82 Å². The molecule has 1 aromatic heterocycles.